The lowest BCUT2D eigenvalue weighted by atomic mass is 9.88. The number of hydrogen-bond acceptors (Lipinski definition) is 3. The number of halogens is 1. The maximum Gasteiger partial charge on any atom is 0.338 e. The predicted molar refractivity (Wildman–Crippen MR) is 111 cm³/mol. The van der Waals surface area contributed by atoms with Crippen LogP contribution in [-0.4, -0.2) is 34.8 Å². The summed E-state index contributed by atoms with van der Waals surface area (Å²) in [5.74, 6) is 2.24. The van der Waals surface area contributed by atoms with E-state index in [0.717, 1.165) is 54.1 Å². The third-order valence-corrected chi connectivity index (χ3v) is 7.68. The van der Waals surface area contributed by atoms with Gasteiger partial charge in [0.1, 0.15) is 5.82 Å². The first kappa shape index (κ1) is 19.6. The van der Waals surface area contributed by atoms with Gasteiger partial charge in [-0.3, -0.25) is 0 Å². The van der Waals surface area contributed by atoms with Gasteiger partial charge in [0, 0.05) is 13.1 Å². The number of carbonyl (C=O) groups is 1. The molecule has 0 saturated heterocycles. The van der Waals surface area contributed by atoms with Crippen LogP contribution in [0.3, 0.4) is 0 Å². The van der Waals surface area contributed by atoms with E-state index in [9.17, 15) is 14.3 Å². The number of benzene rings is 1. The lowest BCUT2D eigenvalue weighted by molar-refractivity contribution is -0.132. The standard InChI is InChI=1S/C23H28FNO2S/c24-20-6-1-4-16(14-20)5-3-11-28-22-21(23(26)27)7-2-10-25(22)15-19-13-17-8-9-18(19)12-17/h1-2,4,6-7,14,17-19H,3,5,8-13,15H2,(H,26,27). The van der Waals surface area contributed by atoms with E-state index < -0.39 is 5.97 Å². The van der Waals surface area contributed by atoms with Crippen molar-refractivity contribution in [2.45, 2.75) is 38.5 Å². The van der Waals surface area contributed by atoms with Gasteiger partial charge in [-0.2, -0.15) is 0 Å². The number of hydrogen-bond donors (Lipinski definition) is 1. The molecule has 0 spiro atoms. The van der Waals surface area contributed by atoms with Gasteiger partial charge in [0.05, 0.1) is 10.6 Å². The molecule has 0 amide bonds. The highest BCUT2D eigenvalue weighted by molar-refractivity contribution is 8.03. The normalized spacial score (nSPS) is 26.3. The Hall–Kier alpha value is -1.75. The molecule has 1 aromatic rings. The molecule has 28 heavy (non-hydrogen) atoms. The van der Waals surface area contributed by atoms with Crippen LogP contribution < -0.4 is 0 Å². The van der Waals surface area contributed by atoms with Crippen LogP contribution in [0.4, 0.5) is 4.39 Å². The van der Waals surface area contributed by atoms with Crippen molar-refractivity contribution in [3.05, 3.63) is 58.4 Å². The zero-order valence-electron chi connectivity index (χ0n) is 16.1. The maximum atomic E-state index is 13.3. The maximum absolute atomic E-state index is 13.3. The number of thioether (sulfide) groups is 1. The molecule has 150 valence electrons. The van der Waals surface area contributed by atoms with E-state index >= 15 is 0 Å². The van der Waals surface area contributed by atoms with Crippen molar-refractivity contribution in [2.24, 2.45) is 17.8 Å². The van der Waals surface area contributed by atoms with E-state index in [1.54, 1.807) is 30.0 Å². The molecular weight excluding hydrogens is 373 g/mol. The summed E-state index contributed by atoms with van der Waals surface area (Å²) in [5.41, 5.74) is 1.42. The monoisotopic (exact) mass is 401 g/mol. The van der Waals surface area contributed by atoms with Gasteiger partial charge in [-0.25, -0.2) is 9.18 Å². The van der Waals surface area contributed by atoms with Gasteiger partial charge in [-0.05, 0) is 79.4 Å². The van der Waals surface area contributed by atoms with Gasteiger partial charge < -0.3 is 10.0 Å². The van der Waals surface area contributed by atoms with E-state index in [2.05, 4.69) is 4.90 Å². The van der Waals surface area contributed by atoms with Crippen LogP contribution in [0.15, 0.2) is 47.0 Å². The van der Waals surface area contributed by atoms with Crippen LogP contribution in [-0.2, 0) is 11.2 Å². The fraction of sp³-hybridized carbons (Fsp3) is 0.522. The van der Waals surface area contributed by atoms with Crippen LogP contribution in [0.25, 0.3) is 0 Å². The summed E-state index contributed by atoms with van der Waals surface area (Å²) < 4.78 is 13.3. The zero-order chi connectivity index (χ0) is 19.5. The number of rotatable bonds is 8. The van der Waals surface area contributed by atoms with Gasteiger partial charge in [0.2, 0.25) is 0 Å². The Balaban J connectivity index is 1.38. The van der Waals surface area contributed by atoms with Crippen molar-refractivity contribution < 1.29 is 14.3 Å². The second-order valence-electron chi connectivity index (χ2n) is 8.35. The van der Waals surface area contributed by atoms with E-state index in [-0.39, 0.29) is 5.82 Å². The first-order chi connectivity index (χ1) is 13.6. The molecule has 1 N–H and O–H groups in total. The molecule has 2 saturated carbocycles. The molecule has 3 atom stereocenters. The van der Waals surface area contributed by atoms with E-state index in [1.165, 1.54) is 31.7 Å². The molecule has 4 rings (SSSR count). The summed E-state index contributed by atoms with van der Waals surface area (Å²) in [6.45, 7) is 1.78. The predicted octanol–water partition coefficient (Wildman–Crippen LogP) is 5.10. The van der Waals surface area contributed by atoms with Gasteiger partial charge >= 0.3 is 5.97 Å². The van der Waals surface area contributed by atoms with E-state index in [0.29, 0.717) is 11.5 Å². The number of nitrogens with zero attached hydrogens (tertiary/aromatic N) is 1. The third-order valence-electron chi connectivity index (χ3n) is 6.44. The highest BCUT2D eigenvalue weighted by atomic mass is 32.2. The van der Waals surface area contributed by atoms with Crippen LogP contribution in [0, 0.1) is 23.6 Å². The average Bonchev–Trinajstić information content (AvgIpc) is 3.29. The van der Waals surface area contributed by atoms with Gasteiger partial charge in [-0.1, -0.05) is 24.6 Å². The highest BCUT2D eigenvalue weighted by Crippen LogP contribution is 2.49. The number of fused-ring (bicyclic) bond motifs is 2. The SMILES string of the molecule is O=C(O)C1=C(SCCCc2cccc(F)c2)N(CC2CC3CCC2C3)CC=C1. The number of aryl methyl sites for hydroxylation is 1. The number of carboxylic acids is 1. The molecule has 3 aliphatic rings. The van der Waals surface area contributed by atoms with Crippen LogP contribution in [0.5, 0.6) is 0 Å². The van der Waals surface area contributed by atoms with Crippen molar-refractivity contribution in [3.8, 4) is 0 Å². The second kappa shape index (κ2) is 8.73. The van der Waals surface area contributed by atoms with Gasteiger partial charge in [-0.15, -0.1) is 11.8 Å². The highest BCUT2D eigenvalue weighted by Gasteiger charge is 2.40. The summed E-state index contributed by atoms with van der Waals surface area (Å²) in [7, 11) is 0. The molecule has 1 aliphatic heterocycles. The molecule has 5 heteroatoms. The largest absolute Gasteiger partial charge is 0.478 e. The molecular formula is C23H28FNO2S. The van der Waals surface area contributed by atoms with Crippen LogP contribution in [0.1, 0.15) is 37.7 Å². The number of carboxylic acid groups (broad SMARTS) is 1. The van der Waals surface area contributed by atoms with E-state index in [1.807, 2.05) is 12.1 Å². The quantitative estimate of drug-likeness (QED) is 0.616. The molecule has 3 nitrogen and oxygen atoms in total. The van der Waals surface area contributed by atoms with Gasteiger partial charge in [0.15, 0.2) is 0 Å². The van der Waals surface area contributed by atoms with Crippen molar-refractivity contribution >= 4 is 17.7 Å². The summed E-state index contributed by atoms with van der Waals surface area (Å²) >= 11 is 1.65. The van der Waals surface area contributed by atoms with E-state index in [4.69, 9.17) is 0 Å². The first-order valence-electron chi connectivity index (χ1n) is 10.4. The number of aliphatic carboxylic acids is 1. The summed E-state index contributed by atoms with van der Waals surface area (Å²) in [6, 6.07) is 6.73. The van der Waals surface area contributed by atoms with Crippen molar-refractivity contribution in [3.63, 3.8) is 0 Å². The molecule has 3 unspecified atom stereocenters. The molecule has 2 aliphatic carbocycles. The third kappa shape index (κ3) is 4.45. The Kier molecular flexibility index (Phi) is 6.10. The lowest BCUT2D eigenvalue weighted by Crippen LogP contribution is -2.33. The van der Waals surface area contributed by atoms with Crippen molar-refractivity contribution in [1.82, 2.24) is 4.90 Å². The smallest absolute Gasteiger partial charge is 0.338 e. The molecule has 1 aromatic carbocycles. The van der Waals surface area contributed by atoms with Crippen LogP contribution >= 0.6 is 11.8 Å². The average molecular weight is 402 g/mol. The molecule has 0 aromatic heterocycles. The summed E-state index contributed by atoms with van der Waals surface area (Å²) in [6.07, 6.45) is 10.9. The first-order valence-corrected chi connectivity index (χ1v) is 11.3. The molecule has 2 fully saturated rings. The molecule has 0 radical (unpaired) electrons. The second-order valence-corrected chi connectivity index (χ2v) is 9.43. The fourth-order valence-corrected chi connectivity index (χ4v) is 6.26. The minimum absolute atomic E-state index is 0.199. The minimum atomic E-state index is -0.846. The Bertz CT molecular complexity index is 791. The Labute approximate surface area is 170 Å². The van der Waals surface area contributed by atoms with Gasteiger partial charge in [0.25, 0.3) is 0 Å². The molecule has 2 bridgehead atoms. The van der Waals surface area contributed by atoms with Crippen molar-refractivity contribution in [2.75, 3.05) is 18.8 Å². The topological polar surface area (TPSA) is 40.5 Å². The lowest BCUT2D eigenvalue weighted by Gasteiger charge is -2.34. The Morgan fingerprint density at radius 3 is 2.89 bits per heavy atom. The fourth-order valence-electron chi connectivity index (χ4n) is 5.13. The summed E-state index contributed by atoms with van der Waals surface area (Å²) in [4.78, 5) is 14.1. The Morgan fingerprint density at radius 1 is 1.29 bits per heavy atom. The Morgan fingerprint density at radius 2 is 2.18 bits per heavy atom. The minimum Gasteiger partial charge on any atom is -0.478 e. The summed E-state index contributed by atoms with van der Waals surface area (Å²) in [5, 5.41) is 10.6. The van der Waals surface area contributed by atoms with Crippen LogP contribution in [0.2, 0.25) is 0 Å². The molecule has 1 heterocycles. The van der Waals surface area contributed by atoms with Crippen molar-refractivity contribution in [1.29, 1.82) is 0 Å². The zero-order valence-corrected chi connectivity index (χ0v) is 17.0.